The number of aliphatic carboxylic acids is 2. The summed E-state index contributed by atoms with van der Waals surface area (Å²) < 4.78 is 0. The van der Waals surface area contributed by atoms with Crippen LogP contribution in [0.15, 0.2) is 12.2 Å². The number of carboxylic acids is 2. The van der Waals surface area contributed by atoms with E-state index in [1.165, 1.54) is 0 Å². The highest BCUT2D eigenvalue weighted by atomic mass is 16.4. The Kier molecular flexibility index (Phi) is 5.61. The van der Waals surface area contributed by atoms with Gasteiger partial charge in [0.15, 0.2) is 0 Å². The third-order valence-corrected chi connectivity index (χ3v) is 1.53. The van der Waals surface area contributed by atoms with Crippen molar-refractivity contribution in [2.75, 3.05) is 6.54 Å². The molecule has 0 aliphatic carbocycles. The summed E-state index contributed by atoms with van der Waals surface area (Å²) in [5.74, 6) is -2.69. The Morgan fingerprint density at radius 1 is 1.31 bits per heavy atom. The van der Waals surface area contributed by atoms with Gasteiger partial charge in [-0.1, -0.05) is 12.2 Å². The van der Waals surface area contributed by atoms with E-state index >= 15 is 0 Å². The first-order valence-corrected chi connectivity index (χ1v) is 4.46. The summed E-state index contributed by atoms with van der Waals surface area (Å²) in [6, 6.07) is -2.18. The van der Waals surface area contributed by atoms with Gasteiger partial charge in [-0.2, -0.15) is 0 Å². The number of amides is 2. The van der Waals surface area contributed by atoms with Crippen LogP contribution in [0.1, 0.15) is 13.3 Å². The highest BCUT2D eigenvalue weighted by Crippen LogP contribution is 1.92. The van der Waals surface area contributed by atoms with Gasteiger partial charge in [0.1, 0.15) is 6.04 Å². The second-order valence-electron chi connectivity index (χ2n) is 3.27. The molecule has 0 aliphatic heterocycles. The predicted octanol–water partition coefficient (Wildman–Crippen LogP) is -0.210. The third kappa shape index (κ3) is 6.41. The van der Waals surface area contributed by atoms with Crippen molar-refractivity contribution in [2.45, 2.75) is 19.4 Å². The van der Waals surface area contributed by atoms with E-state index in [0.29, 0.717) is 5.57 Å². The number of carbonyl (C=O) groups excluding carboxylic acids is 1. The number of urea groups is 1. The molecular formula is C9H14N2O5. The van der Waals surface area contributed by atoms with Crippen LogP contribution < -0.4 is 10.6 Å². The number of carboxylic acid groups (broad SMARTS) is 2. The molecule has 0 aromatic rings. The second-order valence-corrected chi connectivity index (χ2v) is 3.27. The van der Waals surface area contributed by atoms with Gasteiger partial charge in [0.25, 0.3) is 0 Å². The van der Waals surface area contributed by atoms with Gasteiger partial charge in [-0.05, 0) is 6.92 Å². The lowest BCUT2D eigenvalue weighted by atomic mass is 10.2. The molecule has 0 aliphatic rings. The molecule has 0 radical (unpaired) electrons. The lowest BCUT2D eigenvalue weighted by molar-refractivity contribution is -0.145. The fourth-order valence-corrected chi connectivity index (χ4v) is 0.815. The zero-order valence-corrected chi connectivity index (χ0v) is 8.82. The minimum Gasteiger partial charge on any atom is -0.481 e. The molecule has 0 aromatic heterocycles. The van der Waals surface area contributed by atoms with Gasteiger partial charge in [-0.25, -0.2) is 9.59 Å². The van der Waals surface area contributed by atoms with Crippen molar-refractivity contribution >= 4 is 18.0 Å². The molecule has 0 spiro atoms. The Bertz CT molecular complexity index is 313. The van der Waals surface area contributed by atoms with Gasteiger partial charge in [-0.15, -0.1) is 0 Å². The molecule has 0 bridgehead atoms. The molecule has 0 saturated heterocycles. The first-order valence-electron chi connectivity index (χ1n) is 4.46. The van der Waals surface area contributed by atoms with Crippen LogP contribution in [0, 0.1) is 0 Å². The molecule has 90 valence electrons. The fourth-order valence-electron chi connectivity index (χ4n) is 0.815. The monoisotopic (exact) mass is 230 g/mol. The van der Waals surface area contributed by atoms with Crippen LogP contribution in [-0.4, -0.2) is 40.8 Å². The predicted molar refractivity (Wildman–Crippen MR) is 55.0 cm³/mol. The molecule has 0 fully saturated rings. The van der Waals surface area contributed by atoms with Gasteiger partial charge in [-0.3, -0.25) is 4.79 Å². The van der Waals surface area contributed by atoms with Crippen molar-refractivity contribution in [2.24, 2.45) is 0 Å². The SMILES string of the molecule is C=C(C)CNC(=O)NC(CC(=O)O)C(=O)O. The Labute approximate surface area is 92.1 Å². The molecule has 0 saturated carbocycles. The van der Waals surface area contributed by atoms with Crippen LogP contribution in [0.2, 0.25) is 0 Å². The average molecular weight is 230 g/mol. The van der Waals surface area contributed by atoms with Gasteiger partial charge < -0.3 is 20.8 Å². The molecule has 0 heterocycles. The lowest BCUT2D eigenvalue weighted by Crippen LogP contribution is -2.47. The van der Waals surface area contributed by atoms with E-state index in [4.69, 9.17) is 10.2 Å². The minimum absolute atomic E-state index is 0.200. The maximum absolute atomic E-state index is 11.1. The van der Waals surface area contributed by atoms with Gasteiger partial charge >= 0.3 is 18.0 Å². The van der Waals surface area contributed by atoms with Crippen molar-refractivity contribution in [1.82, 2.24) is 10.6 Å². The van der Waals surface area contributed by atoms with Crippen LogP contribution in [0.4, 0.5) is 4.79 Å². The quantitative estimate of drug-likeness (QED) is 0.471. The second kappa shape index (κ2) is 6.44. The molecule has 2 amide bonds. The van der Waals surface area contributed by atoms with Crippen LogP contribution in [0.5, 0.6) is 0 Å². The van der Waals surface area contributed by atoms with Gasteiger partial charge in [0, 0.05) is 6.54 Å². The first kappa shape index (κ1) is 13.9. The molecule has 0 aromatic carbocycles. The minimum atomic E-state index is -1.44. The van der Waals surface area contributed by atoms with Crippen molar-refractivity contribution in [3.8, 4) is 0 Å². The molecule has 7 nitrogen and oxygen atoms in total. The topological polar surface area (TPSA) is 116 Å². The first-order chi connectivity index (χ1) is 7.32. The summed E-state index contributed by atoms with van der Waals surface area (Å²) in [4.78, 5) is 32.0. The van der Waals surface area contributed by atoms with Crippen molar-refractivity contribution in [3.05, 3.63) is 12.2 Å². The van der Waals surface area contributed by atoms with Crippen molar-refractivity contribution < 1.29 is 24.6 Å². The summed E-state index contributed by atoms with van der Waals surface area (Å²) in [6.45, 7) is 5.42. The summed E-state index contributed by atoms with van der Waals surface area (Å²) in [5, 5.41) is 21.4. The van der Waals surface area contributed by atoms with Crippen molar-refractivity contribution in [3.63, 3.8) is 0 Å². The molecule has 16 heavy (non-hydrogen) atoms. The molecule has 1 unspecified atom stereocenters. The molecule has 7 heteroatoms. The molecule has 0 rings (SSSR count). The normalized spacial score (nSPS) is 11.3. The molecular weight excluding hydrogens is 216 g/mol. The Morgan fingerprint density at radius 2 is 1.88 bits per heavy atom. The Balaban J connectivity index is 4.18. The fraction of sp³-hybridized carbons (Fsp3) is 0.444. The number of rotatable bonds is 6. The van der Waals surface area contributed by atoms with E-state index in [0.717, 1.165) is 0 Å². The van der Waals surface area contributed by atoms with Crippen molar-refractivity contribution in [1.29, 1.82) is 0 Å². The smallest absolute Gasteiger partial charge is 0.326 e. The highest BCUT2D eigenvalue weighted by Gasteiger charge is 2.22. The third-order valence-electron chi connectivity index (χ3n) is 1.53. The van der Waals surface area contributed by atoms with E-state index in [1.54, 1.807) is 6.92 Å². The van der Waals surface area contributed by atoms with E-state index < -0.39 is 30.4 Å². The van der Waals surface area contributed by atoms with Gasteiger partial charge in [0.2, 0.25) is 0 Å². The van der Waals surface area contributed by atoms with Crippen LogP contribution >= 0.6 is 0 Å². The Hall–Kier alpha value is -2.05. The summed E-state index contributed by atoms with van der Waals surface area (Å²) in [7, 11) is 0. The van der Waals surface area contributed by atoms with Gasteiger partial charge in [0.05, 0.1) is 6.42 Å². The van der Waals surface area contributed by atoms with Crippen LogP contribution in [0.25, 0.3) is 0 Å². The molecule has 4 N–H and O–H groups in total. The van der Waals surface area contributed by atoms with E-state index in [9.17, 15) is 14.4 Å². The average Bonchev–Trinajstić information content (AvgIpc) is 2.12. The summed E-state index contributed by atoms with van der Waals surface area (Å²) >= 11 is 0. The maximum atomic E-state index is 11.1. The van der Waals surface area contributed by atoms with Crippen LogP contribution in [-0.2, 0) is 9.59 Å². The number of nitrogens with one attached hydrogen (secondary N) is 2. The largest absolute Gasteiger partial charge is 0.481 e. The zero-order valence-electron chi connectivity index (χ0n) is 8.82. The van der Waals surface area contributed by atoms with E-state index in [2.05, 4.69) is 11.9 Å². The summed E-state index contributed by atoms with van der Waals surface area (Å²) in [5.41, 5.74) is 0.695. The highest BCUT2D eigenvalue weighted by molar-refractivity contribution is 5.86. The summed E-state index contributed by atoms with van der Waals surface area (Å²) in [6.07, 6.45) is -0.671. The standard InChI is InChI=1S/C9H14N2O5/c1-5(2)4-10-9(16)11-6(8(14)15)3-7(12)13/h6H,1,3-4H2,2H3,(H,12,13)(H,14,15)(H2,10,11,16). The van der Waals surface area contributed by atoms with E-state index in [-0.39, 0.29) is 6.54 Å². The number of hydrogen-bond donors (Lipinski definition) is 4. The van der Waals surface area contributed by atoms with Crippen LogP contribution in [0.3, 0.4) is 0 Å². The number of carbonyl (C=O) groups is 3. The zero-order chi connectivity index (χ0) is 12.7. The Morgan fingerprint density at radius 3 is 2.25 bits per heavy atom. The number of hydrogen-bond acceptors (Lipinski definition) is 3. The molecule has 1 atom stereocenters. The maximum Gasteiger partial charge on any atom is 0.326 e. The van der Waals surface area contributed by atoms with E-state index in [1.807, 2.05) is 5.32 Å². The lowest BCUT2D eigenvalue weighted by Gasteiger charge is -2.13.